The summed E-state index contributed by atoms with van der Waals surface area (Å²) in [5.74, 6) is 1.82. The molecule has 1 aliphatic carbocycles. The Kier molecular flexibility index (Phi) is 5.32. The molecule has 0 aromatic carbocycles. The maximum Gasteiger partial charge on any atom is 0.128 e. The highest BCUT2D eigenvalue weighted by molar-refractivity contribution is 5.28. The van der Waals surface area contributed by atoms with Crippen LogP contribution >= 0.6 is 0 Å². The molecule has 1 unspecified atom stereocenters. The predicted molar refractivity (Wildman–Crippen MR) is 79.4 cm³/mol. The average Bonchev–Trinajstić information content (AvgIpc) is 2.43. The van der Waals surface area contributed by atoms with E-state index in [0.29, 0.717) is 0 Å². The first kappa shape index (κ1) is 14.4. The van der Waals surface area contributed by atoms with Gasteiger partial charge in [-0.2, -0.15) is 0 Å². The fraction of sp³-hybridized carbons (Fsp3) is 0.750. The van der Waals surface area contributed by atoms with Crippen molar-refractivity contribution in [2.75, 3.05) is 13.1 Å². The summed E-state index contributed by atoms with van der Waals surface area (Å²) in [7, 11) is 0. The van der Waals surface area contributed by atoms with Gasteiger partial charge in [0, 0.05) is 17.8 Å². The van der Waals surface area contributed by atoms with E-state index >= 15 is 0 Å². The predicted octanol–water partition coefficient (Wildman–Crippen LogP) is 2.84. The van der Waals surface area contributed by atoms with Gasteiger partial charge < -0.3 is 5.32 Å². The lowest BCUT2D eigenvalue weighted by atomic mass is 9.85. The molecule has 3 heteroatoms. The Bertz CT molecular complexity index is 415. The number of aromatic nitrogens is 2. The summed E-state index contributed by atoms with van der Waals surface area (Å²) >= 11 is 0. The van der Waals surface area contributed by atoms with E-state index in [2.05, 4.69) is 26.1 Å². The fourth-order valence-corrected chi connectivity index (χ4v) is 2.89. The monoisotopic (exact) mass is 261 g/mol. The third-order valence-corrected chi connectivity index (χ3v) is 4.06. The molecule has 1 N–H and O–H groups in total. The summed E-state index contributed by atoms with van der Waals surface area (Å²) in [6.07, 6.45) is 7.00. The molecular weight excluding hydrogens is 234 g/mol. The molecule has 0 bridgehead atoms. The minimum absolute atomic E-state index is 0.760. The van der Waals surface area contributed by atoms with Crippen LogP contribution in [-0.4, -0.2) is 23.1 Å². The number of unbranched alkanes of at least 4 members (excludes halogenated alkanes) is 1. The maximum absolute atomic E-state index is 4.79. The zero-order valence-electron chi connectivity index (χ0n) is 12.6. The molecule has 0 fully saturated rings. The fourth-order valence-electron chi connectivity index (χ4n) is 2.89. The Morgan fingerprint density at radius 2 is 2.11 bits per heavy atom. The Morgan fingerprint density at radius 3 is 2.84 bits per heavy atom. The summed E-state index contributed by atoms with van der Waals surface area (Å²) < 4.78 is 0. The Hall–Kier alpha value is -0.960. The lowest BCUT2D eigenvalue weighted by Gasteiger charge is -2.25. The molecule has 0 saturated carbocycles. The van der Waals surface area contributed by atoms with Gasteiger partial charge in [0.25, 0.3) is 0 Å². The first-order valence-corrected chi connectivity index (χ1v) is 7.80. The number of nitrogens with one attached hydrogen (secondary N) is 1. The molecule has 0 radical (unpaired) electrons. The van der Waals surface area contributed by atoms with Crippen molar-refractivity contribution in [3.05, 3.63) is 22.8 Å². The number of hydrogen-bond donors (Lipinski definition) is 1. The molecule has 1 aromatic rings. The van der Waals surface area contributed by atoms with Crippen LogP contribution < -0.4 is 5.32 Å². The van der Waals surface area contributed by atoms with Crippen molar-refractivity contribution in [2.24, 2.45) is 5.92 Å². The van der Waals surface area contributed by atoms with E-state index in [1.165, 1.54) is 36.2 Å². The van der Waals surface area contributed by atoms with Crippen molar-refractivity contribution in [3.8, 4) is 0 Å². The minimum Gasteiger partial charge on any atom is -0.317 e. The van der Waals surface area contributed by atoms with Gasteiger partial charge in [-0.05, 0) is 57.2 Å². The van der Waals surface area contributed by atoms with Crippen molar-refractivity contribution < 1.29 is 0 Å². The molecule has 0 spiro atoms. The van der Waals surface area contributed by atoms with Crippen molar-refractivity contribution in [3.63, 3.8) is 0 Å². The molecular formula is C16H27N3. The number of nitrogens with zero attached hydrogens (tertiary/aromatic N) is 2. The van der Waals surface area contributed by atoms with Crippen LogP contribution in [0.1, 0.15) is 55.9 Å². The summed E-state index contributed by atoms with van der Waals surface area (Å²) in [4.78, 5) is 9.50. The summed E-state index contributed by atoms with van der Waals surface area (Å²) in [6.45, 7) is 8.75. The van der Waals surface area contributed by atoms with E-state index in [1.807, 2.05) is 0 Å². The molecule has 0 amide bonds. The van der Waals surface area contributed by atoms with Crippen molar-refractivity contribution in [2.45, 2.75) is 59.3 Å². The van der Waals surface area contributed by atoms with Gasteiger partial charge in [-0.1, -0.05) is 20.3 Å². The number of hydrogen-bond acceptors (Lipinski definition) is 3. The standard InChI is InChI=1S/C16H27N3/c1-4-6-7-16-18-12(3)14-10-13(11-17-5-2)8-9-15(14)19-16/h13,17H,4-11H2,1-3H3. The minimum atomic E-state index is 0.760. The van der Waals surface area contributed by atoms with Crippen molar-refractivity contribution in [1.82, 2.24) is 15.3 Å². The zero-order valence-corrected chi connectivity index (χ0v) is 12.6. The molecule has 106 valence electrons. The third kappa shape index (κ3) is 3.75. The second kappa shape index (κ2) is 6.99. The molecule has 1 atom stereocenters. The second-order valence-corrected chi connectivity index (χ2v) is 5.67. The van der Waals surface area contributed by atoms with Crippen LogP contribution in [0.2, 0.25) is 0 Å². The third-order valence-electron chi connectivity index (χ3n) is 4.06. The van der Waals surface area contributed by atoms with Gasteiger partial charge in [0.15, 0.2) is 0 Å². The highest BCUT2D eigenvalue weighted by atomic mass is 14.9. The Morgan fingerprint density at radius 1 is 1.26 bits per heavy atom. The summed E-state index contributed by atoms with van der Waals surface area (Å²) in [5, 5.41) is 3.47. The lowest BCUT2D eigenvalue weighted by Crippen LogP contribution is -2.28. The average molecular weight is 261 g/mol. The molecule has 2 rings (SSSR count). The van der Waals surface area contributed by atoms with E-state index in [-0.39, 0.29) is 0 Å². The maximum atomic E-state index is 4.79. The first-order chi connectivity index (χ1) is 9.24. The van der Waals surface area contributed by atoms with Gasteiger partial charge in [-0.3, -0.25) is 0 Å². The quantitative estimate of drug-likeness (QED) is 0.855. The highest BCUT2D eigenvalue weighted by Crippen LogP contribution is 2.26. The largest absolute Gasteiger partial charge is 0.317 e. The summed E-state index contributed by atoms with van der Waals surface area (Å²) in [5.41, 5.74) is 3.97. The van der Waals surface area contributed by atoms with Crippen LogP contribution in [0.4, 0.5) is 0 Å². The van der Waals surface area contributed by atoms with Crippen LogP contribution in [-0.2, 0) is 19.3 Å². The van der Waals surface area contributed by atoms with Gasteiger partial charge >= 0.3 is 0 Å². The van der Waals surface area contributed by atoms with Crippen LogP contribution in [0.25, 0.3) is 0 Å². The first-order valence-electron chi connectivity index (χ1n) is 7.80. The molecule has 0 aliphatic heterocycles. The van der Waals surface area contributed by atoms with E-state index < -0.39 is 0 Å². The SMILES string of the molecule is CCCCc1nc(C)c2c(n1)CCC(CNCC)C2. The number of rotatable bonds is 6. The van der Waals surface area contributed by atoms with Gasteiger partial charge in [0.05, 0.1) is 0 Å². The van der Waals surface area contributed by atoms with Crippen LogP contribution in [0, 0.1) is 12.8 Å². The molecule has 3 nitrogen and oxygen atoms in total. The summed E-state index contributed by atoms with van der Waals surface area (Å²) in [6, 6.07) is 0. The van der Waals surface area contributed by atoms with E-state index in [4.69, 9.17) is 9.97 Å². The van der Waals surface area contributed by atoms with Crippen LogP contribution in [0.3, 0.4) is 0 Å². The molecule has 1 aromatic heterocycles. The van der Waals surface area contributed by atoms with Crippen molar-refractivity contribution >= 4 is 0 Å². The van der Waals surface area contributed by atoms with Gasteiger partial charge in [0.1, 0.15) is 5.82 Å². The van der Waals surface area contributed by atoms with E-state index in [0.717, 1.165) is 44.1 Å². The van der Waals surface area contributed by atoms with E-state index in [9.17, 15) is 0 Å². The van der Waals surface area contributed by atoms with E-state index in [1.54, 1.807) is 0 Å². The Balaban J connectivity index is 2.08. The molecule has 19 heavy (non-hydrogen) atoms. The van der Waals surface area contributed by atoms with Gasteiger partial charge in [-0.25, -0.2) is 9.97 Å². The van der Waals surface area contributed by atoms with Crippen molar-refractivity contribution in [1.29, 1.82) is 0 Å². The smallest absolute Gasteiger partial charge is 0.128 e. The zero-order chi connectivity index (χ0) is 13.7. The molecule has 1 heterocycles. The van der Waals surface area contributed by atoms with Crippen LogP contribution in [0.15, 0.2) is 0 Å². The molecule has 0 saturated heterocycles. The molecule has 1 aliphatic rings. The lowest BCUT2D eigenvalue weighted by molar-refractivity contribution is 0.422. The number of aryl methyl sites for hydroxylation is 3. The van der Waals surface area contributed by atoms with Crippen LogP contribution in [0.5, 0.6) is 0 Å². The topological polar surface area (TPSA) is 37.8 Å². The van der Waals surface area contributed by atoms with Gasteiger partial charge in [-0.15, -0.1) is 0 Å². The second-order valence-electron chi connectivity index (χ2n) is 5.67. The number of fused-ring (bicyclic) bond motifs is 1. The highest BCUT2D eigenvalue weighted by Gasteiger charge is 2.22. The normalized spacial score (nSPS) is 18.4. The van der Waals surface area contributed by atoms with Gasteiger partial charge in [0.2, 0.25) is 0 Å². The Labute approximate surface area is 117 Å².